The van der Waals surface area contributed by atoms with Crippen molar-refractivity contribution >= 4 is 23.8 Å². The van der Waals surface area contributed by atoms with E-state index >= 15 is 0 Å². The number of isocyanates is 2. The lowest BCUT2D eigenvalue weighted by Crippen LogP contribution is -2.38. The molecule has 1 aliphatic heterocycles. The summed E-state index contributed by atoms with van der Waals surface area (Å²) in [7, 11) is 0. The second kappa shape index (κ2) is 11.1. The Bertz CT molecular complexity index is 1240. The number of rotatable bonds is 9. The summed E-state index contributed by atoms with van der Waals surface area (Å²) in [5.41, 5.74) is 15.4. The molecule has 0 aromatic heterocycles. The number of hydrazone groups is 1. The van der Waals surface area contributed by atoms with E-state index in [-0.39, 0.29) is 30.5 Å². The van der Waals surface area contributed by atoms with E-state index in [1.54, 1.807) is 12.2 Å². The lowest BCUT2D eigenvalue weighted by atomic mass is 9.65. The van der Waals surface area contributed by atoms with Gasteiger partial charge in [0.05, 0.1) is 29.6 Å². The van der Waals surface area contributed by atoms with Gasteiger partial charge in [-0.15, -0.1) is 0 Å². The minimum atomic E-state index is -0.624. The summed E-state index contributed by atoms with van der Waals surface area (Å²) in [6.07, 6.45) is 7.53. The van der Waals surface area contributed by atoms with Gasteiger partial charge in [-0.25, -0.2) is 15.0 Å². The third kappa shape index (κ3) is 5.23. The minimum Gasteiger partial charge on any atom is -0.328 e. The smallest absolute Gasteiger partial charge is 0.245 e. The first kappa shape index (κ1) is 26.4. The fourth-order valence-electron chi connectivity index (χ4n) is 5.74. The average molecular weight is 500 g/mol. The van der Waals surface area contributed by atoms with Crippen LogP contribution in [0.15, 0.2) is 51.5 Å². The Kier molecular flexibility index (Phi) is 7.94. The number of hydrogen-bond acceptors (Lipinski definition) is 7. The molecule has 2 aliphatic rings. The highest BCUT2D eigenvalue weighted by Crippen LogP contribution is 2.47. The summed E-state index contributed by atoms with van der Waals surface area (Å²) < 4.78 is 0. The number of aryl methyl sites for hydroxylation is 2. The first-order valence-electron chi connectivity index (χ1n) is 12.8. The summed E-state index contributed by atoms with van der Waals surface area (Å²) in [6.45, 7) is 5.75. The molecule has 0 fully saturated rings. The van der Waals surface area contributed by atoms with Gasteiger partial charge in [0.2, 0.25) is 18.1 Å². The maximum Gasteiger partial charge on any atom is 0.245 e. The second-order valence-corrected chi connectivity index (χ2v) is 10.2. The van der Waals surface area contributed by atoms with Crippen LogP contribution in [0, 0.1) is 0 Å². The predicted molar refractivity (Wildman–Crippen MR) is 142 cm³/mol. The number of carbonyl (C=O) groups excluding carboxylic acids is 3. The molecule has 0 saturated carbocycles. The van der Waals surface area contributed by atoms with E-state index in [0.717, 1.165) is 71.2 Å². The van der Waals surface area contributed by atoms with Gasteiger partial charge in [0, 0.05) is 6.04 Å². The molecule has 1 heterocycles. The normalized spacial score (nSPS) is 20.6. The van der Waals surface area contributed by atoms with Gasteiger partial charge >= 0.3 is 0 Å². The standard InChI is InChI=1S/C29H33N5O3/c1-18(30)5-4-12-29(27-15-28(37)34-33-27)25-10-8-21(19(2)31-16-35)13-23(25)6-7-24-14-22(9-11-26(24)29)20(3)32-17-36/h8-11,13-14,18-20H,4-7,12,15,30H2,1-3H3,(H,34,37)/t18-,19?,20?,29?/m0/s1. The van der Waals surface area contributed by atoms with Crippen molar-refractivity contribution in [1.29, 1.82) is 0 Å². The summed E-state index contributed by atoms with van der Waals surface area (Å²) in [6, 6.07) is 11.9. The molecule has 2 aromatic carbocycles. The monoisotopic (exact) mass is 499 g/mol. The van der Waals surface area contributed by atoms with Gasteiger partial charge in [-0.05, 0) is 79.8 Å². The number of hydrogen-bond donors (Lipinski definition) is 2. The molecular formula is C29H33N5O3. The Balaban J connectivity index is 1.96. The van der Waals surface area contributed by atoms with E-state index in [0.29, 0.717) is 0 Å². The highest BCUT2D eigenvalue weighted by molar-refractivity contribution is 6.12. The van der Waals surface area contributed by atoms with Crippen LogP contribution in [0.1, 0.15) is 91.9 Å². The lowest BCUT2D eigenvalue weighted by Gasteiger charge is -2.37. The number of carbonyl (C=O) groups is 1. The maximum atomic E-state index is 12.4. The minimum absolute atomic E-state index is 0.0564. The number of nitrogens with zero attached hydrogens (tertiary/aromatic N) is 3. The van der Waals surface area contributed by atoms with E-state index < -0.39 is 5.41 Å². The summed E-state index contributed by atoms with van der Waals surface area (Å²) in [5.74, 6) is -0.120. The Morgan fingerprint density at radius 2 is 1.51 bits per heavy atom. The Labute approximate surface area is 217 Å². The predicted octanol–water partition coefficient (Wildman–Crippen LogP) is 4.26. The molecule has 0 saturated heterocycles. The van der Waals surface area contributed by atoms with Gasteiger partial charge in [0.1, 0.15) is 0 Å². The summed E-state index contributed by atoms with van der Waals surface area (Å²) in [4.78, 5) is 42.0. The number of nitrogens with one attached hydrogen (secondary N) is 1. The molecule has 8 heteroatoms. The SMILES string of the molecule is CC(N=C=O)c1ccc2c(c1)CCc1cc(C(C)N=C=O)ccc1C2(CCC[C@H](C)N)C1=NNC(=O)C1. The van der Waals surface area contributed by atoms with Crippen LogP contribution in [-0.4, -0.2) is 29.8 Å². The van der Waals surface area contributed by atoms with Crippen LogP contribution < -0.4 is 11.2 Å². The molecule has 2 unspecified atom stereocenters. The third-order valence-electron chi connectivity index (χ3n) is 7.65. The molecular weight excluding hydrogens is 466 g/mol. The fraction of sp³-hybridized carbons (Fsp3) is 0.448. The van der Waals surface area contributed by atoms with Crippen LogP contribution in [-0.2, 0) is 32.6 Å². The van der Waals surface area contributed by atoms with Crippen LogP contribution in [0.25, 0.3) is 0 Å². The Morgan fingerprint density at radius 3 is 1.95 bits per heavy atom. The largest absolute Gasteiger partial charge is 0.328 e. The van der Waals surface area contributed by atoms with E-state index in [9.17, 15) is 14.4 Å². The van der Waals surface area contributed by atoms with E-state index in [2.05, 4.69) is 44.8 Å². The number of amides is 1. The number of aliphatic imine (C=N–C) groups is 2. The first-order chi connectivity index (χ1) is 17.8. The molecule has 192 valence electrons. The summed E-state index contributed by atoms with van der Waals surface area (Å²) in [5, 5.41) is 4.57. The van der Waals surface area contributed by atoms with Crippen molar-refractivity contribution in [2.45, 2.75) is 82.8 Å². The van der Waals surface area contributed by atoms with Gasteiger partial charge in [0.25, 0.3) is 0 Å². The first-order valence-corrected chi connectivity index (χ1v) is 12.8. The topological polar surface area (TPSA) is 126 Å². The van der Waals surface area contributed by atoms with Crippen LogP contribution >= 0.6 is 0 Å². The molecule has 1 aliphatic carbocycles. The maximum absolute atomic E-state index is 12.4. The zero-order chi connectivity index (χ0) is 26.6. The Hall–Kier alpha value is -3.70. The fourth-order valence-corrected chi connectivity index (χ4v) is 5.74. The number of nitrogens with two attached hydrogens (primary N) is 1. The lowest BCUT2D eigenvalue weighted by molar-refractivity contribution is -0.119. The van der Waals surface area contributed by atoms with Crippen LogP contribution in [0.4, 0.5) is 0 Å². The van der Waals surface area contributed by atoms with Crippen LogP contribution in [0.3, 0.4) is 0 Å². The van der Waals surface area contributed by atoms with Gasteiger partial charge in [-0.1, -0.05) is 42.8 Å². The average Bonchev–Trinajstić information content (AvgIpc) is 3.26. The molecule has 2 aromatic rings. The van der Waals surface area contributed by atoms with Crippen LogP contribution in [0.2, 0.25) is 0 Å². The molecule has 8 nitrogen and oxygen atoms in total. The van der Waals surface area contributed by atoms with Crippen molar-refractivity contribution in [3.8, 4) is 0 Å². The van der Waals surface area contributed by atoms with Crippen molar-refractivity contribution < 1.29 is 14.4 Å². The molecule has 37 heavy (non-hydrogen) atoms. The van der Waals surface area contributed by atoms with E-state index in [4.69, 9.17) is 5.73 Å². The second-order valence-electron chi connectivity index (χ2n) is 10.2. The molecule has 3 atom stereocenters. The molecule has 3 N–H and O–H groups in total. The molecule has 0 spiro atoms. The molecule has 0 radical (unpaired) electrons. The van der Waals surface area contributed by atoms with Crippen molar-refractivity contribution in [1.82, 2.24) is 5.43 Å². The molecule has 1 amide bonds. The highest BCUT2D eigenvalue weighted by Gasteiger charge is 2.45. The number of benzene rings is 2. The van der Waals surface area contributed by atoms with Gasteiger partial charge in [-0.3, -0.25) is 4.79 Å². The van der Waals surface area contributed by atoms with Gasteiger partial charge in [0.15, 0.2) is 0 Å². The summed E-state index contributed by atoms with van der Waals surface area (Å²) >= 11 is 0. The van der Waals surface area contributed by atoms with Crippen molar-refractivity contribution in [2.24, 2.45) is 20.8 Å². The molecule has 4 rings (SSSR count). The van der Waals surface area contributed by atoms with E-state index in [1.807, 2.05) is 32.9 Å². The van der Waals surface area contributed by atoms with Crippen LogP contribution in [0.5, 0.6) is 0 Å². The van der Waals surface area contributed by atoms with E-state index in [1.165, 1.54) is 0 Å². The zero-order valence-corrected chi connectivity index (χ0v) is 21.6. The third-order valence-corrected chi connectivity index (χ3v) is 7.65. The van der Waals surface area contributed by atoms with Crippen molar-refractivity contribution in [3.63, 3.8) is 0 Å². The quantitative estimate of drug-likeness (QED) is 0.395. The number of fused-ring (bicyclic) bond motifs is 2. The van der Waals surface area contributed by atoms with Crippen molar-refractivity contribution in [2.75, 3.05) is 0 Å². The molecule has 0 bridgehead atoms. The van der Waals surface area contributed by atoms with Gasteiger partial charge in [-0.2, -0.15) is 15.1 Å². The van der Waals surface area contributed by atoms with Crippen molar-refractivity contribution in [3.05, 3.63) is 69.8 Å². The Morgan fingerprint density at radius 1 is 0.973 bits per heavy atom. The highest BCUT2D eigenvalue weighted by atomic mass is 16.2. The zero-order valence-electron chi connectivity index (χ0n) is 21.6. The van der Waals surface area contributed by atoms with Gasteiger partial charge < -0.3 is 5.73 Å².